The molecule has 0 aliphatic heterocycles. The van der Waals surface area contributed by atoms with Gasteiger partial charge in [-0.05, 0) is 39.1 Å². The second-order valence-corrected chi connectivity index (χ2v) is 4.63. The smallest absolute Gasteiger partial charge is 0.391 e. The molecule has 1 nitrogen and oxygen atoms in total. The Labute approximate surface area is 105 Å². The van der Waals surface area contributed by atoms with Crippen LogP contribution in [-0.4, -0.2) is 11.2 Å². The van der Waals surface area contributed by atoms with Crippen LogP contribution in [0.25, 0.3) is 21.5 Å². The summed E-state index contributed by atoms with van der Waals surface area (Å²) in [5, 5.41) is 14.3. The number of rotatable bonds is 1. The van der Waals surface area contributed by atoms with Crippen molar-refractivity contribution in [3.05, 3.63) is 54.6 Å². The van der Waals surface area contributed by atoms with Crippen LogP contribution in [-0.2, 0) is 0 Å². The fraction of sp³-hybridized carbons (Fsp3) is 0. The molecule has 0 aromatic heterocycles. The molecule has 0 saturated carbocycles. The molecule has 0 radical (unpaired) electrons. The Kier molecular flexibility index (Phi) is 2.58. The third-order valence-corrected chi connectivity index (χ3v) is 3.34. The van der Waals surface area contributed by atoms with Gasteiger partial charge in [-0.3, -0.25) is 0 Å². The highest BCUT2D eigenvalue weighted by atomic mass is 32.1. The molecule has 1 N–H and O–H groups in total. The van der Waals surface area contributed by atoms with Crippen LogP contribution in [0.2, 0.25) is 0 Å². The Morgan fingerprint density at radius 2 is 1.47 bits per heavy atom. The van der Waals surface area contributed by atoms with E-state index in [2.05, 4.69) is 42.8 Å². The van der Waals surface area contributed by atoms with E-state index in [0.29, 0.717) is 0 Å². The van der Waals surface area contributed by atoms with E-state index in [1.54, 1.807) is 0 Å². The molecule has 0 amide bonds. The summed E-state index contributed by atoms with van der Waals surface area (Å²) in [7, 11) is 0. The molecule has 0 bridgehead atoms. The number of hydrogen-bond donors (Lipinski definition) is 2. The van der Waals surface area contributed by atoms with E-state index in [1.165, 1.54) is 10.8 Å². The van der Waals surface area contributed by atoms with Gasteiger partial charge in [-0.1, -0.05) is 42.5 Å². The summed E-state index contributed by atoms with van der Waals surface area (Å²) < 4.78 is 0. The van der Waals surface area contributed by atoms with Crippen LogP contribution in [0.3, 0.4) is 0 Å². The summed E-state index contributed by atoms with van der Waals surface area (Å²) in [4.78, 5) is 0. The molecule has 82 valence electrons. The second kappa shape index (κ2) is 4.10. The highest BCUT2D eigenvalue weighted by Gasteiger charge is 2.12. The van der Waals surface area contributed by atoms with Crippen LogP contribution in [0.15, 0.2) is 54.6 Å². The summed E-state index contributed by atoms with van der Waals surface area (Å²) in [6, 6.07) is 18.4. The average molecular weight is 238 g/mol. The van der Waals surface area contributed by atoms with Gasteiger partial charge in [0.25, 0.3) is 0 Å². The minimum Gasteiger partial charge on any atom is -0.438 e. The van der Waals surface area contributed by atoms with Crippen molar-refractivity contribution < 1.29 is 5.02 Å². The first kappa shape index (κ1) is 10.7. The van der Waals surface area contributed by atoms with Crippen molar-refractivity contribution in [1.29, 1.82) is 0 Å². The molecule has 0 aliphatic rings. The highest BCUT2D eigenvalue weighted by Crippen LogP contribution is 2.21. The first-order valence-electron chi connectivity index (χ1n) is 5.53. The topological polar surface area (TPSA) is 20.2 Å². The van der Waals surface area contributed by atoms with Gasteiger partial charge in [0.15, 0.2) is 0 Å². The van der Waals surface area contributed by atoms with E-state index < -0.39 is 6.19 Å². The van der Waals surface area contributed by atoms with E-state index in [-0.39, 0.29) is 0 Å². The van der Waals surface area contributed by atoms with Crippen LogP contribution in [0, 0.1) is 0 Å². The van der Waals surface area contributed by atoms with Gasteiger partial charge in [-0.25, -0.2) is 0 Å². The summed E-state index contributed by atoms with van der Waals surface area (Å²) in [5.41, 5.74) is 0.858. The second-order valence-electron chi connectivity index (χ2n) is 4.14. The zero-order valence-corrected chi connectivity index (χ0v) is 10.1. The molecule has 3 aromatic carbocycles. The van der Waals surface area contributed by atoms with Gasteiger partial charge < -0.3 is 5.02 Å². The van der Waals surface area contributed by atoms with Gasteiger partial charge in [0.05, 0.1) is 0 Å². The third kappa shape index (κ3) is 1.81. The Morgan fingerprint density at radius 1 is 0.824 bits per heavy atom. The maximum absolute atomic E-state index is 9.66. The largest absolute Gasteiger partial charge is 0.438 e. The predicted molar refractivity (Wildman–Crippen MR) is 78.0 cm³/mol. The molecular formula is C14H11BOS. The normalized spacial score (nSPS) is 10.9. The maximum Gasteiger partial charge on any atom is 0.391 e. The van der Waals surface area contributed by atoms with E-state index in [1.807, 2.05) is 24.3 Å². The molecule has 0 heterocycles. The first-order valence-corrected chi connectivity index (χ1v) is 6.05. The van der Waals surface area contributed by atoms with Crippen LogP contribution < -0.4 is 5.46 Å². The molecule has 0 atom stereocenters. The molecular weight excluding hydrogens is 227 g/mol. The van der Waals surface area contributed by atoms with Crippen molar-refractivity contribution in [2.75, 3.05) is 0 Å². The van der Waals surface area contributed by atoms with Crippen molar-refractivity contribution in [2.24, 2.45) is 0 Å². The highest BCUT2D eigenvalue weighted by molar-refractivity contribution is 8.11. The lowest BCUT2D eigenvalue weighted by Crippen LogP contribution is -2.24. The van der Waals surface area contributed by atoms with Crippen molar-refractivity contribution >= 4 is 45.7 Å². The van der Waals surface area contributed by atoms with Gasteiger partial charge in [0.1, 0.15) is 0 Å². The zero-order chi connectivity index (χ0) is 11.8. The Morgan fingerprint density at radius 3 is 2.18 bits per heavy atom. The van der Waals surface area contributed by atoms with E-state index >= 15 is 0 Å². The molecule has 0 spiro atoms. The minimum absolute atomic E-state index is 0.736. The average Bonchev–Trinajstić information content (AvgIpc) is 2.35. The summed E-state index contributed by atoms with van der Waals surface area (Å²) in [6.45, 7) is 0. The molecule has 3 heteroatoms. The van der Waals surface area contributed by atoms with E-state index in [9.17, 15) is 5.02 Å². The Hall–Kier alpha value is -1.45. The Bertz CT molecular complexity index is 694. The molecule has 3 aromatic rings. The summed E-state index contributed by atoms with van der Waals surface area (Å²) in [5.74, 6) is 0. The fourth-order valence-corrected chi connectivity index (χ4v) is 2.44. The number of fused-ring (bicyclic) bond motifs is 2. The van der Waals surface area contributed by atoms with Gasteiger partial charge in [0, 0.05) is 0 Å². The lowest BCUT2D eigenvalue weighted by atomic mass is 9.82. The molecule has 0 fully saturated rings. The van der Waals surface area contributed by atoms with Gasteiger partial charge in [0.2, 0.25) is 0 Å². The molecule has 0 aliphatic carbocycles. The molecule has 3 rings (SSSR count). The van der Waals surface area contributed by atoms with Crippen LogP contribution in [0.5, 0.6) is 0 Å². The predicted octanol–water partition coefficient (Wildman–Crippen LogP) is 2.61. The van der Waals surface area contributed by atoms with Crippen LogP contribution in [0.4, 0.5) is 0 Å². The quantitative estimate of drug-likeness (QED) is 0.379. The summed E-state index contributed by atoms with van der Waals surface area (Å²) in [6.07, 6.45) is -0.736. The number of hydrogen-bond acceptors (Lipinski definition) is 2. The molecule has 0 saturated heterocycles. The number of benzene rings is 3. The standard InChI is InChI=1S/C14H11BOS/c16-15(17)14-7-3-6-12-8-10-4-1-2-5-11(10)9-13(12)14/h1-9,16-17H. The first-order chi connectivity index (χ1) is 8.25. The van der Waals surface area contributed by atoms with Crippen LogP contribution >= 0.6 is 12.5 Å². The molecule has 17 heavy (non-hydrogen) atoms. The molecule has 0 unspecified atom stereocenters. The lowest BCUT2D eigenvalue weighted by Gasteiger charge is -2.07. The third-order valence-electron chi connectivity index (χ3n) is 3.06. The van der Waals surface area contributed by atoms with Crippen molar-refractivity contribution in [3.63, 3.8) is 0 Å². The SMILES string of the molecule is OB(S)c1cccc2cc3ccccc3cc12. The lowest BCUT2D eigenvalue weighted by molar-refractivity contribution is 0.609. The van der Waals surface area contributed by atoms with E-state index in [0.717, 1.165) is 16.2 Å². The zero-order valence-electron chi connectivity index (χ0n) is 9.17. The van der Waals surface area contributed by atoms with E-state index in [4.69, 9.17) is 0 Å². The number of thiol groups is 1. The van der Waals surface area contributed by atoms with Crippen LogP contribution in [0.1, 0.15) is 0 Å². The van der Waals surface area contributed by atoms with Gasteiger partial charge in [-0.2, -0.15) is 12.5 Å². The van der Waals surface area contributed by atoms with Gasteiger partial charge in [-0.15, -0.1) is 0 Å². The monoisotopic (exact) mass is 238 g/mol. The maximum atomic E-state index is 9.66. The minimum atomic E-state index is -0.736. The van der Waals surface area contributed by atoms with Crippen molar-refractivity contribution in [1.82, 2.24) is 0 Å². The fourth-order valence-electron chi connectivity index (χ4n) is 2.22. The Balaban J connectivity index is 2.43. The van der Waals surface area contributed by atoms with Gasteiger partial charge >= 0.3 is 6.19 Å². The van der Waals surface area contributed by atoms with Crippen molar-refractivity contribution in [3.8, 4) is 0 Å². The summed E-state index contributed by atoms with van der Waals surface area (Å²) >= 11 is 4.11. The van der Waals surface area contributed by atoms with Crippen molar-refractivity contribution in [2.45, 2.75) is 0 Å².